The molecule has 0 unspecified atom stereocenters. The number of nitrogens with zero attached hydrogens (tertiary/aromatic N) is 2. The third kappa shape index (κ3) is 3.16. The molecule has 21 heavy (non-hydrogen) atoms. The largest absolute Gasteiger partial charge is 0.356 e. The smallest absolute Gasteiger partial charge is 0.136 e. The Morgan fingerprint density at radius 1 is 1.19 bits per heavy atom. The highest BCUT2D eigenvalue weighted by molar-refractivity contribution is 6.17. The summed E-state index contributed by atoms with van der Waals surface area (Å²) in [7, 11) is 0. The van der Waals surface area contributed by atoms with E-state index in [9.17, 15) is 0 Å². The van der Waals surface area contributed by atoms with Crippen molar-refractivity contribution >= 4 is 28.2 Å². The van der Waals surface area contributed by atoms with Gasteiger partial charge >= 0.3 is 0 Å². The minimum atomic E-state index is 0.439. The van der Waals surface area contributed by atoms with E-state index in [0.717, 1.165) is 24.6 Å². The molecule has 3 heteroatoms. The summed E-state index contributed by atoms with van der Waals surface area (Å²) in [6.45, 7) is 6.91. The Labute approximate surface area is 132 Å². The molecule has 1 aromatic heterocycles. The first kappa shape index (κ1) is 14.6. The predicted octanol–water partition coefficient (Wildman–Crippen LogP) is 4.99. The topological polar surface area (TPSA) is 16.1 Å². The van der Waals surface area contributed by atoms with Gasteiger partial charge in [0.25, 0.3) is 0 Å². The van der Waals surface area contributed by atoms with Crippen LogP contribution in [0.3, 0.4) is 0 Å². The first-order valence-corrected chi connectivity index (χ1v) is 8.32. The minimum absolute atomic E-state index is 0.439. The van der Waals surface area contributed by atoms with Crippen LogP contribution in [0.25, 0.3) is 10.8 Å². The minimum Gasteiger partial charge on any atom is -0.356 e. The van der Waals surface area contributed by atoms with Crippen LogP contribution in [0.4, 0.5) is 5.82 Å². The standard InChI is InChI=1S/C18H23ClN2/c1-18(2)8-5-10-21(11-9-18)17-16-7-4-3-6-14(16)12-15(13-19)20-17/h3-4,6-7,12H,5,8-11,13H2,1-2H3. The van der Waals surface area contributed by atoms with Crippen LogP contribution in [0.1, 0.15) is 38.8 Å². The van der Waals surface area contributed by atoms with Gasteiger partial charge in [-0.1, -0.05) is 38.1 Å². The zero-order chi connectivity index (χ0) is 14.9. The highest BCUT2D eigenvalue weighted by Gasteiger charge is 2.24. The van der Waals surface area contributed by atoms with Crippen LogP contribution >= 0.6 is 11.6 Å². The maximum Gasteiger partial charge on any atom is 0.136 e. The number of hydrogen-bond acceptors (Lipinski definition) is 2. The summed E-state index contributed by atoms with van der Waals surface area (Å²) in [6, 6.07) is 10.6. The SMILES string of the molecule is CC1(C)CCCN(c2nc(CCl)cc3ccccc23)CC1. The molecule has 112 valence electrons. The van der Waals surface area contributed by atoms with E-state index in [1.807, 2.05) is 0 Å². The molecule has 0 spiro atoms. The first-order chi connectivity index (χ1) is 10.1. The van der Waals surface area contributed by atoms with Crippen molar-refractivity contribution in [3.8, 4) is 0 Å². The van der Waals surface area contributed by atoms with Crippen molar-refractivity contribution in [3.05, 3.63) is 36.0 Å². The lowest BCUT2D eigenvalue weighted by Gasteiger charge is -2.25. The molecule has 0 radical (unpaired) electrons. The van der Waals surface area contributed by atoms with Crippen LogP contribution in [-0.2, 0) is 5.88 Å². The molecule has 2 heterocycles. The fraction of sp³-hybridized carbons (Fsp3) is 0.500. The van der Waals surface area contributed by atoms with Crippen molar-refractivity contribution in [2.24, 2.45) is 5.41 Å². The summed E-state index contributed by atoms with van der Waals surface area (Å²) in [5.41, 5.74) is 1.41. The van der Waals surface area contributed by atoms with E-state index in [-0.39, 0.29) is 0 Å². The van der Waals surface area contributed by atoms with Gasteiger partial charge in [-0.25, -0.2) is 4.98 Å². The number of rotatable bonds is 2. The lowest BCUT2D eigenvalue weighted by atomic mass is 9.85. The van der Waals surface area contributed by atoms with Gasteiger partial charge in [-0.05, 0) is 36.1 Å². The molecule has 1 fully saturated rings. The monoisotopic (exact) mass is 302 g/mol. The summed E-state index contributed by atoms with van der Waals surface area (Å²) in [4.78, 5) is 7.28. The fourth-order valence-corrected chi connectivity index (χ4v) is 3.32. The maximum atomic E-state index is 6.03. The van der Waals surface area contributed by atoms with E-state index in [2.05, 4.69) is 49.1 Å². The van der Waals surface area contributed by atoms with Crippen LogP contribution in [0.5, 0.6) is 0 Å². The number of fused-ring (bicyclic) bond motifs is 1. The summed E-state index contributed by atoms with van der Waals surface area (Å²) < 4.78 is 0. The summed E-state index contributed by atoms with van der Waals surface area (Å²) in [5.74, 6) is 1.58. The molecule has 1 saturated heterocycles. The Balaban J connectivity index is 2.02. The third-order valence-electron chi connectivity index (χ3n) is 4.55. The van der Waals surface area contributed by atoms with E-state index in [1.165, 1.54) is 30.0 Å². The van der Waals surface area contributed by atoms with Crippen LogP contribution < -0.4 is 4.90 Å². The van der Waals surface area contributed by atoms with E-state index in [4.69, 9.17) is 16.6 Å². The van der Waals surface area contributed by atoms with E-state index >= 15 is 0 Å². The van der Waals surface area contributed by atoms with Gasteiger partial charge in [0, 0.05) is 18.5 Å². The molecule has 0 bridgehead atoms. The summed E-state index contributed by atoms with van der Waals surface area (Å²) in [6.07, 6.45) is 3.73. The molecule has 2 nitrogen and oxygen atoms in total. The number of aromatic nitrogens is 1. The van der Waals surface area contributed by atoms with E-state index < -0.39 is 0 Å². The second-order valence-corrected chi connectivity index (χ2v) is 7.06. The van der Waals surface area contributed by atoms with Gasteiger partial charge in [0.2, 0.25) is 0 Å². The molecular weight excluding hydrogens is 280 g/mol. The van der Waals surface area contributed by atoms with Crippen molar-refractivity contribution in [1.29, 1.82) is 0 Å². The third-order valence-corrected chi connectivity index (χ3v) is 4.82. The lowest BCUT2D eigenvalue weighted by Crippen LogP contribution is -2.26. The van der Waals surface area contributed by atoms with Gasteiger partial charge in [0.1, 0.15) is 5.82 Å². The quantitative estimate of drug-likeness (QED) is 0.727. The molecule has 0 N–H and O–H groups in total. The zero-order valence-electron chi connectivity index (χ0n) is 12.9. The molecule has 0 amide bonds. The molecule has 1 aliphatic heterocycles. The van der Waals surface area contributed by atoms with Crippen molar-refractivity contribution in [2.75, 3.05) is 18.0 Å². The molecule has 1 aliphatic rings. The van der Waals surface area contributed by atoms with Gasteiger partial charge < -0.3 is 4.90 Å². The van der Waals surface area contributed by atoms with Crippen molar-refractivity contribution in [2.45, 2.75) is 39.0 Å². The van der Waals surface area contributed by atoms with Crippen molar-refractivity contribution < 1.29 is 0 Å². The number of halogens is 1. The second-order valence-electron chi connectivity index (χ2n) is 6.80. The fourth-order valence-electron chi connectivity index (χ4n) is 3.18. The molecule has 2 aromatic rings. The van der Waals surface area contributed by atoms with Gasteiger partial charge in [-0.15, -0.1) is 11.6 Å². The number of pyridine rings is 1. The Bertz CT molecular complexity index is 636. The maximum absolute atomic E-state index is 6.03. The molecule has 0 atom stereocenters. The number of benzene rings is 1. The number of anilines is 1. The normalized spacial score (nSPS) is 18.7. The lowest BCUT2D eigenvalue weighted by molar-refractivity contribution is 0.325. The molecule has 0 aliphatic carbocycles. The van der Waals surface area contributed by atoms with Crippen molar-refractivity contribution in [3.63, 3.8) is 0 Å². The highest BCUT2D eigenvalue weighted by atomic mass is 35.5. The second kappa shape index (κ2) is 5.84. The Kier molecular flexibility index (Phi) is 4.08. The molecule has 1 aromatic carbocycles. The Morgan fingerprint density at radius 2 is 2.00 bits per heavy atom. The van der Waals surface area contributed by atoms with E-state index in [1.54, 1.807) is 0 Å². The first-order valence-electron chi connectivity index (χ1n) is 7.79. The number of hydrogen-bond donors (Lipinski definition) is 0. The summed E-state index contributed by atoms with van der Waals surface area (Å²) in [5, 5.41) is 2.48. The number of alkyl halides is 1. The molecule has 3 rings (SSSR count). The molecule has 0 saturated carbocycles. The average molecular weight is 303 g/mol. The van der Waals surface area contributed by atoms with Crippen molar-refractivity contribution in [1.82, 2.24) is 4.98 Å². The van der Waals surface area contributed by atoms with Gasteiger partial charge in [0.05, 0.1) is 11.6 Å². The highest BCUT2D eigenvalue weighted by Crippen LogP contribution is 2.33. The van der Waals surface area contributed by atoms with Crippen LogP contribution in [-0.4, -0.2) is 18.1 Å². The van der Waals surface area contributed by atoms with Gasteiger partial charge in [-0.2, -0.15) is 0 Å². The summed E-state index contributed by atoms with van der Waals surface area (Å²) >= 11 is 6.03. The van der Waals surface area contributed by atoms with Crippen LogP contribution in [0, 0.1) is 5.41 Å². The Morgan fingerprint density at radius 3 is 2.81 bits per heavy atom. The van der Waals surface area contributed by atoms with Gasteiger partial charge in [-0.3, -0.25) is 0 Å². The van der Waals surface area contributed by atoms with E-state index in [0.29, 0.717) is 11.3 Å². The van der Waals surface area contributed by atoms with Gasteiger partial charge in [0.15, 0.2) is 0 Å². The zero-order valence-corrected chi connectivity index (χ0v) is 13.7. The molecular formula is C18H23ClN2. The average Bonchev–Trinajstić information content (AvgIpc) is 2.67. The predicted molar refractivity (Wildman–Crippen MR) is 91.1 cm³/mol. The van der Waals surface area contributed by atoms with Crippen LogP contribution in [0.2, 0.25) is 0 Å². The van der Waals surface area contributed by atoms with Crippen LogP contribution in [0.15, 0.2) is 30.3 Å². The Hall–Kier alpha value is -1.28.